The summed E-state index contributed by atoms with van der Waals surface area (Å²) in [4.78, 5) is 10.2. The first-order chi connectivity index (χ1) is 6.75. The van der Waals surface area contributed by atoms with Crippen molar-refractivity contribution in [2.24, 2.45) is 0 Å². The summed E-state index contributed by atoms with van der Waals surface area (Å²) in [6, 6.07) is 5.17. The Morgan fingerprint density at radius 2 is 2.36 bits per heavy atom. The molecule has 0 aliphatic carbocycles. The molecule has 1 aliphatic heterocycles. The quantitative estimate of drug-likeness (QED) is 0.573. The second-order valence-electron chi connectivity index (χ2n) is 3.14. The Kier molecular flexibility index (Phi) is 2.22. The van der Waals surface area contributed by atoms with Gasteiger partial charge in [0.15, 0.2) is 5.03 Å². The number of hydrogen-bond acceptors (Lipinski definition) is 3. The van der Waals surface area contributed by atoms with E-state index in [0.717, 1.165) is 30.8 Å². The van der Waals surface area contributed by atoms with E-state index >= 15 is 0 Å². The molecule has 0 atom stereocenters. The summed E-state index contributed by atoms with van der Waals surface area (Å²) in [5.41, 5.74) is 3.65. The zero-order chi connectivity index (χ0) is 9.97. The van der Waals surface area contributed by atoms with Crippen LogP contribution in [0.5, 0.6) is 5.75 Å². The first-order valence-corrected chi connectivity index (χ1v) is 4.42. The van der Waals surface area contributed by atoms with E-state index in [1.807, 2.05) is 0 Å². The summed E-state index contributed by atoms with van der Waals surface area (Å²) in [5.74, 6) is 0.838. The van der Waals surface area contributed by atoms with Crippen molar-refractivity contribution < 1.29 is 9.77 Å². The zero-order valence-electron chi connectivity index (χ0n) is 7.53. The minimum atomic E-state index is -0.564. The molecule has 5 nitrogen and oxygen atoms in total. The number of anilines is 1. The van der Waals surface area contributed by atoms with Crippen LogP contribution in [0.2, 0.25) is 0 Å². The third-order valence-electron chi connectivity index (χ3n) is 2.13. The van der Waals surface area contributed by atoms with Gasteiger partial charge in [-0.2, -0.15) is 0 Å². The second-order valence-corrected chi connectivity index (χ2v) is 3.14. The normalized spacial score (nSPS) is 14.0. The monoisotopic (exact) mass is 194 g/mol. The Balaban J connectivity index is 2.24. The van der Waals surface area contributed by atoms with Crippen molar-refractivity contribution in [3.63, 3.8) is 0 Å². The smallest absolute Gasteiger partial charge is 0.162 e. The van der Waals surface area contributed by atoms with E-state index in [9.17, 15) is 10.1 Å². The summed E-state index contributed by atoms with van der Waals surface area (Å²) in [7, 11) is 0. The molecule has 0 fully saturated rings. The average Bonchev–Trinajstić information content (AvgIpc) is 2.17. The fourth-order valence-electron chi connectivity index (χ4n) is 1.54. The highest BCUT2D eigenvalue weighted by atomic mass is 16.7. The predicted octanol–water partition coefficient (Wildman–Crippen LogP) is 1.62. The van der Waals surface area contributed by atoms with Crippen LogP contribution >= 0.6 is 0 Å². The number of rotatable bonds is 2. The summed E-state index contributed by atoms with van der Waals surface area (Å²) in [6.45, 7) is 0.731. The number of nitro groups is 1. The highest BCUT2D eigenvalue weighted by Crippen LogP contribution is 2.27. The maximum Gasteiger partial charge on any atom is 0.162 e. The van der Waals surface area contributed by atoms with E-state index in [-0.39, 0.29) is 0 Å². The van der Waals surface area contributed by atoms with Gasteiger partial charge >= 0.3 is 0 Å². The molecule has 1 N–H and O–H groups in total. The first kappa shape index (κ1) is 8.80. The summed E-state index contributed by atoms with van der Waals surface area (Å²) in [5, 5.41) is 9.64. The number of nitrogens with one attached hydrogen (secondary N) is 1. The third kappa shape index (κ3) is 1.76. The number of hydrogen-bond donors (Lipinski definition) is 1. The Hall–Kier alpha value is -1.78. The SMILES string of the molecule is O=[N+]([O-])Nc1ccc2c(c1)CCCO2. The molecule has 14 heavy (non-hydrogen) atoms. The van der Waals surface area contributed by atoms with Gasteiger partial charge < -0.3 is 4.74 Å². The Morgan fingerprint density at radius 3 is 3.14 bits per heavy atom. The largest absolute Gasteiger partial charge is 0.493 e. The summed E-state index contributed by atoms with van der Waals surface area (Å²) >= 11 is 0. The van der Waals surface area contributed by atoms with Crippen molar-refractivity contribution in [3.8, 4) is 5.75 Å². The molecular formula is C9H10N2O3. The average molecular weight is 194 g/mol. The topological polar surface area (TPSA) is 64.4 Å². The maximum absolute atomic E-state index is 10.2. The van der Waals surface area contributed by atoms with Gasteiger partial charge in [0.1, 0.15) is 11.4 Å². The van der Waals surface area contributed by atoms with E-state index in [1.165, 1.54) is 0 Å². The van der Waals surface area contributed by atoms with Crippen LogP contribution in [0.15, 0.2) is 18.2 Å². The fraction of sp³-hybridized carbons (Fsp3) is 0.333. The maximum atomic E-state index is 10.2. The number of nitrogens with zero attached hydrogens (tertiary/aromatic N) is 1. The predicted molar refractivity (Wildman–Crippen MR) is 50.9 cm³/mol. The van der Waals surface area contributed by atoms with Crippen LogP contribution in [0, 0.1) is 10.1 Å². The van der Waals surface area contributed by atoms with Crippen LogP contribution in [-0.2, 0) is 6.42 Å². The van der Waals surface area contributed by atoms with Gasteiger partial charge in [0, 0.05) is 0 Å². The van der Waals surface area contributed by atoms with Crippen LogP contribution in [0.25, 0.3) is 0 Å². The van der Waals surface area contributed by atoms with Gasteiger partial charge in [-0.05, 0) is 36.6 Å². The second kappa shape index (κ2) is 3.53. The van der Waals surface area contributed by atoms with Gasteiger partial charge in [-0.3, -0.25) is 0 Å². The number of aryl methyl sites for hydroxylation is 1. The summed E-state index contributed by atoms with van der Waals surface area (Å²) in [6.07, 6.45) is 1.89. The Bertz CT molecular complexity index is 365. The molecule has 1 heterocycles. The van der Waals surface area contributed by atoms with Gasteiger partial charge in [-0.15, -0.1) is 5.43 Å². The minimum absolute atomic E-state index is 0.499. The number of ether oxygens (including phenoxy) is 1. The van der Waals surface area contributed by atoms with Crippen LogP contribution in [-0.4, -0.2) is 11.6 Å². The number of hydrazine groups is 1. The van der Waals surface area contributed by atoms with E-state index in [4.69, 9.17) is 4.74 Å². The molecule has 5 heteroatoms. The fourth-order valence-corrected chi connectivity index (χ4v) is 1.54. The molecule has 74 valence electrons. The zero-order valence-corrected chi connectivity index (χ0v) is 7.53. The molecule has 1 aromatic rings. The van der Waals surface area contributed by atoms with Crippen LogP contribution in [0.1, 0.15) is 12.0 Å². The molecular weight excluding hydrogens is 184 g/mol. The molecule has 2 rings (SSSR count). The van der Waals surface area contributed by atoms with E-state index in [0.29, 0.717) is 5.69 Å². The van der Waals surface area contributed by atoms with Gasteiger partial charge in [0.05, 0.1) is 6.61 Å². The molecule has 0 aromatic heterocycles. The standard InChI is InChI=1S/C9H10N2O3/c12-11(13)10-8-3-4-9-7(6-8)2-1-5-14-9/h3-4,6,10H,1-2,5H2. The highest BCUT2D eigenvalue weighted by Gasteiger charge is 2.11. The highest BCUT2D eigenvalue weighted by molar-refractivity contribution is 5.50. The van der Waals surface area contributed by atoms with Gasteiger partial charge in [0.2, 0.25) is 0 Å². The molecule has 0 amide bonds. The molecule has 0 unspecified atom stereocenters. The van der Waals surface area contributed by atoms with Gasteiger partial charge in [0.25, 0.3) is 0 Å². The molecule has 1 aliphatic rings. The number of fused-ring (bicyclic) bond motifs is 1. The molecule has 0 saturated carbocycles. The van der Waals surface area contributed by atoms with Crippen LogP contribution in [0.4, 0.5) is 5.69 Å². The van der Waals surface area contributed by atoms with Crippen molar-refractivity contribution in [1.82, 2.24) is 0 Å². The minimum Gasteiger partial charge on any atom is -0.493 e. The lowest BCUT2D eigenvalue weighted by Crippen LogP contribution is -2.11. The molecule has 0 saturated heterocycles. The third-order valence-corrected chi connectivity index (χ3v) is 2.13. The van der Waals surface area contributed by atoms with Crippen molar-refractivity contribution >= 4 is 5.69 Å². The van der Waals surface area contributed by atoms with Gasteiger partial charge in [-0.25, -0.2) is 10.1 Å². The van der Waals surface area contributed by atoms with E-state index < -0.39 is 5.03 Å². The Labute approximate surface area is 80.8 Å². The van der Waals surface area contributed by atoms with Crippen molar-refractivity contribution in [2.45, 2.75) is 12.8 Å². The molecule has 0 radical (unpaired) electrons. The van der Waals surface area contributed by atoms with Gasteiger partial charge in [-0.1, -0.05) is 0 Å². The first-order valence-electron chi connectivity index (χ1n) is 4.42. The molecule has 0 spiro atoms. The molecule has 1 aromatic carbocycles. The van der Waals surface area contributed by atoms with Crippen molar-refractivity contribution in [2.75, 3.05) is 12.0 Å². The van der Waals surface area contributed by atoms with Crippen LogP contribution < -0.4 is 10.2 Å². The lowest BCUT2D eigenvalue weighted by Gasteiger charge is -2.16. The van der Waals surface area contributed by atoms with Crippen LogP contribution in [0.3, 0.4) is 0 Å². The van der Waals surface area contributed by atoms with E-state index in [1.54, 1.807) is 18.2 Å². The van der Waals surface area contributed by atoms with E-state index in [2.05, 4.69) is 5.43 Å². The van der Waals surface area contributed by atoms with Crippen molar-refractivity contribution in [3.05, 3.63) is 33.9 Å². The summed E-state index contributed by atoms with van der Waals surface area (Å²) < 4.78 is 5.39. The number of benzene rings is 1. The Morgan fingerprint density at radius 1 is 1.50 bits per heavy atom. The molecule has 0 bridgehead atoms. The van der Waals surface area contributed by atoms with Crippen molar-refractivity contribution in [1.29, 1.82) is 0 Å². The lowest BCUT2D eigenvalue weighted by molar-refractivity contribution is -0.445. The lowest BCUT2D eigenvalue weighted by atomic mass is 10.1.